The highest BCUT2D eigenvalue weighted by atomic mass is 16.5. The smallest absolute Gasteiger partial charge is 0.337 e. The maximum atomic E-state index is 11.2. The van der Waals surface area contributed by atoms with Gasteiger partial charge in [0.15, 0.2) is 0 Å². The number of hydrogen-bond donors (Lipinski definition) is 4. The maximum absolute atomic E-state index is 11.2. The van der Waals surface area contributed by atoms with Gasteiger partial charge >= 0.3 is 11.9 Å². The zero-order chi connectivity index (χ0) is 27.0. The molecule has 0 fully saturated rings. The summed E-state index contributed by atoms with van der Waals surface area (Å²) in [5.41, 5.74) is 0.924. The van der Waals surface area contributed by atoms with E-state index in [0.29, 0.717) is 29.7 Å². The van der Waals surface area contributed by atoms with Crippen molar-refractivity contribution < 1.29 is 44.2 Å². The number of carbonyl (C=O) groups excluding carboxylic acids is 2. The minimum atomic E-state index is -0.398. The Morgan fingerprint density at radius 1 is 0.686 bits per heavy atom. The second-order valence-corrected chi connectivity index (χ2v) is 8.00. The van der Waals surface area contributed by atoms with E-state index in [0.717, 1.165) is 0 Å². The molecule has 0 radical (unpaired) electrons. The first-order chi connectivity index (χ1) is 16.4. The van der Waals surface area contributed by atoms with Crippen LogP contribution in [-0.2, 0) is 9.47 Å². The lowest BCUT2D eigenvalue weighted by Gasteiger charge is -2.16. The molecule has 2 aromatic carbocycles. The molecule has 0 aliphatic rings. The highest BCUT2D eigenvalue weighted by Gasteiger charge is 2.09. The van der Waals surface area contributed by atoms with Gasteiger partial charge in [-0.2, -0.15) is 0 Å². The summed E-state index contributed by atoms with van der Waals surface area (Å²) in [5.74, 6) is 0.0436. The normalized spacial score (nSPS) is 13.4. The minimum Gasteiger partial charge on any atom is -0.508 e. The molecular weight excluding hydrogens is 456 g/mol. The number of methoxy groups -OCH3 is 2. The first-order valence-corrected chi connectivity index (χ1v) is 11.2. The van der Waals surface area contributed by atoms with E-state index in [2.05, 4.69) is 9.47 Å². The molecule has 0 spiro atoms. The average molecular weight is 495 g/mol. The van der Waals surface area contributed by atoms with Gasteiger partial charge in [0, 0.05) is 6.42 Å². The summed E-state index contributed by atoms with van der Waals surface area (Å²) in [5, 5.41) is 35.2. The first kappa shape index (κ1) is 31.9. The molecule has 0 aromatic heterocycles. The third-order valence-electron chi connectivity index (χ3n) is 4.26. The zero-order valence-corrected chi connectivity index (χ0v) is 21.2. The van der Waals surface area contributed by atoms with E-state index in [1.54, 1.807) is 45.0 Å². The number of rotatable bonds is 8. The second kappa shape index (κ2) is 17.3. The highest BCUT2D eigenvalue weighted by Crippen LogP contribution is 2.16. The largest absolute Gasteiger partial charge is 0.508 e. The van der Waals surface area contributed by atoms with Crippen molar-refractivity contribution in [3.63, 3.8) is 0 Å². The van der Waals surface area contributed by atoms with E-state index in [1.165, 1.54) is 38.5 Å². The minimum absolute atomic E-state index is 0.0704. The van der Waals surface area contributed by atoms with E-state index in [9.17, 15) is 14.7 Å². The molecule has 0 unspecified atom stereocenters. The van der Waals surface area contributed by atoms with Crippen molar-refractivity contribution in [2.45, 2.75) is 65.0 Å². The number of aliphatic hydroxyl groups excluding tert-OH is 3. The summed E-state index contributed by atoms with van der Waals surface area (Å²) >= 11 is 0. The second-order valence-electron chi connectivity index (χ2n) is 8.00. The third kappa shape index (κ3) is 15.4. The highest BCUT2D eigenvalue weighted by molar-refractivity contribution is 5.89. The molecule has 0 amide bonds. The van der Waals surface area contributed by atoms with Gasteiger partial charge in [0.25, 0.3) is 0 Å². The van der Waals surface area contributed by atoms with Crippen LogP contribution in [0.3, 0.4) is 0 Å². The summed E-state index contributed by atoms with van der Waals surface area (Å²) in [7, 11) is 2.66. The van der Waals surface area contributed by atoms with E-state index in [4.69, 9.17) is 20.1 Å². The van der Waals surface area contributed by atoms with Crippen LogP contribution in [0.4, 0.5) is 0 Å². The Morgan fingerprint density at radius 2 is 1.06 bits per heavy atom. The lowest BCUT2D eigenvalue weighted by molar-refractivity contribution is 0.0591. The van der Waals surface area contributed by atoms with Gasteiger partial charge in [-0.05, 0) is 82.6 Å². The first-order valence-electron chi connectivity index (χ1n) is 11.2. The monoisotopic (exact) mass is 494 g/mol. The van der Waals surface area contributed by atoms with Crippen LogP contribution in [-0.4, -0.2) is 71.0 Å². The lowest BCUT2D eigenvalue weighted by Crippen LogP contribution is -2.18. The molecule has 0 aliphatic heterocycles. The lowest BCUT2D eigenvalue weighted by atomic mass is 10.2. The van der Waals surface area contributed by atoms with E-state index in [-0.39, 0.29) is 36.1 Å². The van der Waals surface area contributed by atoms with Crippen molar-refractivity contribution in [1.82, 2.24) is 0 Å². The standard InChI is InChI=1S/C13H18O4.C8H8O3.C5H12O2/c1-9(14)8-10(2)17-12-6-4-11(5-7-12)13(15)16-3;1-11-8(10)6-2-4-7(9)5-3-6;1-4(6)3-5(2)7/h4-7,9-10,14H,8H2,1-3H3;2-5,9H,1H3;4-7H,3H2,1-2H3/t9-,10+;;4-,5-/m1.1/s1. The molecule has 4 N–H and O–H groups in total. The molecule has 0 saturated carbocycles. The number of benzene rings is 2. The maximum Gasteiger partial charge on any atom is 0.337 e. The summed E-state index contributed by atoms with van der Waals surface area (Å²) in [6, 6.07) is 12.6. The van der Waals surface area contributed by atoms with Gasteiger partial charge in [0.2, 0.25) is 0 Å². The SMILES string of the molecule is COC(=O)c1ccc(O)cc1.COC(=O)c1ccc(O[C@@H](C)C[C@@H](C)O)cc1.C[C@@H](O)C[C@@H](C)O. The summed E-state index contributed by atoms with van der Waals surface area (Å²) in [4.78, 5) is 22.0. The third-order valence-corrected chi connectivity index (χ3v) is 4.26. The number of aromatic hydroxyl groups is 1. The number of aliphatic hydroxyl groups is 3. The molecule has 4 atom stereocenters. The van der Waals surface area contributed by atoms with Crippen LogP contribution in [0.1, 0.15) is 61.3 Å². The predicted octanol–water partition coefficient (Wildman–Crippen LogP) is 3.33. The van der Waals surface area contributed by atoms with Gasteiger partial charge in [0.1, 0.15) is 11.5 Å². The van der Waals surface area contributed by atoms with E-state index in [1.807, 2.05) is 6.92 Å². The van der Waals surface area contributed by atoms with Crippen molar-refractivity contribution >= 4 is 11.9 Å². The Bertz CT molecular complexity index is 838. The molecule has 2 rings (SSSR count). The van der Waals surface area contributed by atoms with Crippen molar-refractivity contribution in [3.8, 4) is 11.5 Å². The van der Waals surface area contributed by atoms with E-state index < -0.39 is 5.97 Å². The van der Waals surface area contributed by atoms with Crippen molar-refractivity contribution in [2.24, 2.45) is 0 Å². The fraction of sp³-hybridized carbons (Fsp3) is 0.462. The Labute approximate surface area is 206 Å². The molecule has 9 heteroatoms. The average Bonchev–Trinajstić information content (AvgIpc) is 2.78. The van der Waals surface area contributed by atoms with Gasteiger partial charge in [-0.15, -0.1) is 0 Å². The molecule has 0 aliphatic carbocycles. The molecule has 2 aromatic rings. The Balaban J connectivity index is 0.000000550. The molecule has 0 saturated heterocycles. The van der Waals surface area contributed by atoms with Crippen LogP contribution in [0.2, 0.25) is 0 Å². The van der Waals surface area contributed by atoms with Gasteiger partial charge in [-0.1, -0.05) is 0 Å². The Hall–Kier alpha value is -3.14. The number of hydrogen-bond acceptors (Lipinski definition) is 9. The predicted molar refractivity (Wildman–Crippen MR) is 132 cm³/mol. The van der Waals surface area contributed by atoms with Gasteiger partial charge in [0.05, 0.1) is 49.8 Å². The molecule has 9 nitrogen and oxygen atoms in total. The summed E-state index contributed by atoms with van der Waals surface area (Å²) < 4.78 is 14.6. The van der Waals surface area contributed by atoms with Crippen LogP contribution < -0.4 is 4.74 Å². The number of esters is 2. The summed E-state index contributed by atoms with van der Waals surface area (Å²) in [6.45, 7) is 6.93. The van der Waals surface area contributed by atoms with Gasteiger partial charge < -0.3 is 34.6 Å². The number of ether oxygens (including phenoxy) is 3. The number of phenolic OH excluding ortho intramolecular Hbond substituents is 1. The van der Waals surface area contributed by atoms with Crippen LogP contribution in [0, 0.1) is 0 Å². The Morgan fingerprint density at radius 3 is 1.37 bits per heavy atom. The Kier molecular flexibility index (Phi) is 15.8. The van der Waals surface area contributed by atoms with Crippen LogP contribution in [0.15, 0.2) is 48.5 Å². The van der Waals surface area contributed by atoms with Gasteiger partial charge in [-0.25, -0.2) is 9.59 Å². The molecule has 196 valence electrons. The van der Waals surface area contributed by atoms with Crippen LogP contribution in [0.5, 0.6) is 11.5 Å². The molecule has 35 heavy (non-hydrogen) atoms. The van der Waals surface area contributed by atoms with Gasteiger partial charge in [-0.3, -0.25) is 0 Å². The number of phenols is 1. The van der Waals surface area contributed by atoms with Crippen LogP contribution >= 0.6 is 0 Å². The van der Waals surface area contributed by atoms with Crippen molar-refractivity contribution in [2.75, 3.05) is 14.2 Å². The summed E-state index contributed by atoms with van der Waals surface area (Å²) in [6.07, 6.45) is -0.169. The molecule has 0 bridgehead atoms. The fourth-order valence-electron chi connectivity index (χ4n) is 2.76. The van der Waals surface area contributed by atoms with Crippen molar-refractivity contribution in [3.05, 3.63) is 59.7 Å². The fourth-order valence-corrected chi connectivity index (χ4v) is 2.76. The quantitative estimate of drug-likeness (QED) is 0.406. The zero-order valence-electron chi connectivity index (χ0n) is 21.2. The van der Waals surface area contributed by atoms with E-state index >= 15 is 0 Å². The van der Waals surface area contributed by atoms with Crippen LogP contribution in [0.25, 0.3) is 0 Å². The number of carbonyl (C=O) groups is 2. The van der Waals surface area contributed by atoms with Crippen molar-refractivity contribution in [1.29, 1.82) is 0 Å². The molecule has 0 heterocycles. The topological polar surface area (TPSA) is 143 Å². The molecular formula is C26H38O9.